The molecule has 1 amide bonds. The number of nitrogens with one attached hydrogen (secondary N) is 1. The van der Waals surface area contributed by atoms with E-state index in [4.69, 9.17) is 16.7 Å². The number of carbonyl (C=O) groups is 1. The van der Waals surface area contributed by atoms with Crippen LogP contribution in [0.1, 0.15) is 0 Å². The molecule has 0 aliphatic carbocycles. The lowest BCUT2D eigenvalue weighted by Gasteiger charge is -2.07. The Balaban J connectivity index is 1.64. The Morgan fingerprint density at radius 3 is 2.56 bits per heavy atom. The minimum Gasteiger partial charge on any atom is -0.325 e. The number of anilines is 1. The number of hydrogen-bond donors (Lipinski definition) is 2. The van der Waals surface area contributed by atoms with E-state index in [1.54, 1.807) is 24.3 Å². The molecule has 0 saturated carbocycles. The monoisotopic (exact) mass is 424 g/mol. The Kier molecular flexibility index (Phi) is 5.75. The molecule has 0 atom stereocenters. The van der Waals surface area contributed by atoms with E-state index in [0.29, 0.717) is 21.6 Å². The van der Waals surface area contributed by atoms with Crippen molar-refractivity contribution < 1.29 is 13.2 Å². The van der Waals surface area contributed by atoms with Crippen molar-refractivity contribution in [1.29, 1.82) is 0 Å². The van der Waals surface area contributed by atoms with Crippen molar-refractivity contribution in [2.24, 2.45) is 5.14 Å². The summed E-state index contributed by atoms with van der Waals surface area (Å²) in [5.74, 6) is -0.265. The van der Waals surface area contributed by atoms with Crippen molar-refractivity contribution in [3.63, 3.8) is 0 Å². The van der Waals surface area contributed by atoms with Crippen LogP contribution in [-0.2, 0) is 14.8 Å². The Bertz CT molecular complexity index is 1070. The van der Waals surface area contributed by atoms with Gasteiger partial charge < -0.3 is 5.32 Å². The van der Waals surface area contributed by atoms with Gasteiger partial charge in [-0.2, -0.15) is 4.68 Å². The standard InChI is InChI=1S/C15H13ClN6O3S2/c16-12-3-1-2-4-13(12)22-15(19-20-21-22)26-9-14(23)18-10-5-7-11(8-6-10)27(17,24)25/h1-8H,9H2,(H,18,23)(H2,17,24,25). The summed E-state index contributed by atoms with van der Waals surface area (Å²) in [5.41, 5.74) is 1.05. The molecule has 0 spiro atoms. The molecule has 140 valence electrons. The molecule has 3 rings (SSSR count). The number of nitrogens with two attached hydrogens (primary N) is 1. The van der Waals surface area contributed by atoms with Crippen LogP contribution < -0.4 is 10.5 Å². The van der Waals surface area contributed by atoms with Gasteiger partial charge in [-0.25, -0.2) is 13.6 Å². The normalized spacial score (nSPS) is 11.3. The van der Waals surface area contributed by atoms with Crippen LogP contribution in [0.2, 0.25) is 5.02 Å². The van der Waals surface area contributed by atoms with Gasteiger partial charge in [0.1, 0.15) is 0 Å². The van der Waals surface area contributed by atoms with Crippen LogP contribution >= 0.6 is 23.4 Å². The average Bonchev–Trinajstić information content (AvgIpc) is 3.08. The smallest absolute Gasteiger partial charge is 0.238 e. The topological polar surface area (TPSA) is 133 Å². The predicted octanol–water partition coefficient (Wildman–Crippen LogP) is 1.69. The van der Waals surface area contributed by atoms with Gasteiger partial charge in [0.05, 0.1) is 21.4 Å². The van der Waals surface area contributed by atoms with Crippen molar-refractivity contribution in [2.45, 2.75) is 10.1 Å². The Hall–Kier alpha value is -2.47. The lowest BCUT2D eigenvalue weighted by Crippen LogP contribution is -2.15. The molecule has 0 aliphatic heterocycles. The highest BCUT2D eigenvalue weighted by atomic mass is 35.5. The third-order valence-electron chi connectivity index (χ3n) is 3.32. The van der Waals surface area contributed by atoms with Crippen molar-refractivity contribution in [2.75, 3.05) is 11.1 Å². The second kappa shape index (κ2) is 8.05. The maximum atomic E-state index is 12.1. The first-order valence-corrected chi connectivity index (χ1v) is 10.3. The third-order valence-corrected chi connectivity index (χ3v) is 5.49. The van der Waals surface area contributed by atoms with Crippen LogP contribution in [0.25, 0.3) is 5.69 Å². The van der Waals surface area contributed by atoms with Crippen LogP contribution in [0.5, 0.6) is 0 Å². The summed E-state index contributed by atoms with van der Waals surface area (Å²) in [6, 6.07) is 12.6. The fourth-order valence-electron chi connectivity index (χ4n) is 2.10. The number of tetrazole rings is 1. The Morgan fingerprint density at radius 1 is 1.19 bits per heavy atom. The number of carbonyl (C=O) groups excluding carboxylic acids is 1. The molecule has 0 fully saturated rings. The number of sulfonamides is 1. The summed E-state index contributed by atoms with van der Waals surface area (Å²) in [6.07, 6.45) is 0. The highest BCUT2D eigenvalue weighted by molar-refractivity contribution is 7.99. The number of primary sulfonamides is 1. The van der Waals surface area contributed by atoms with E-state index >= 15 is 0 Å². The molecule has 0 aliphatic rings. The maximum Gasteiger partial charge on any atom is 0.238 e. The van der Waals surface area contributed by atoms with Gasteiger partial charge in [-0.3, -0.25) is 4.79 Å². The first-order valence-electron chi connectivity index (χ1n) is 7.43. The average molecular weight is 425 g/mol. The second-order valence-electron chi connectivity index (χ2n) is 5.23. The van der Waals surface area contributed by atoms with Gasteiger partial charge in [-0.05, 0) is 46.8 Å². The summed E-state index contributed by atoms with van der Waals surface area (Å²) in [5, 5.41) is 20.0. The van der Waals surface area contributed by atoms with Gasteiger partial charge in [0, 0.05) is 5.69 Å². The number of benzene rings is 2. The van der Waals surface area contributed by atoms with Gasteiger partial charge in [0.15, 0.2) is 0 Å². The number of hydrogen-bond acceptors (Lipinski definition) is 7. The van der Waals surface area contributed by atoms with Gasteiger partial charge in [0.2, 0.25) is 21.1 Å². The van der Waals surface area contributed by atoms with Gasteiger partial charge >= 0.3 is 0 Å². The van der Waals surface area contributed by atoms with Gasteiger partial charge in [-0.15, -0.1) is 5.10 Å². The van der Waals surface area contributed by atoms with Crippen LogP contribution in [-0.4, -0.2) is 40.3 Å². The lowest BCUT2D eigenvalue weighted by molar-refractivity contribution is -0.113. The van der Waals surface area contributed by atoms with Crippen molar-refractivity contribution >= 4 is 45.0 Å². The highest BCUT2D eigenvalue weighted by Crippen LogP contribution is 2.24. The van der Waals surface area contributed by atoms with Crippen LogP contribution in [0.15, 0.2) is 58.6 Å². The fraction of sp³-hybridized carbons (Fsp3) is 0.0667. The molecule has 9 nitrogen and oxygen atoms in total. The first-order chi connectivity index (χ1) is 12.8. The zero-order chi connectivity index (χ0) is 19.4. The number of halogens is 1. The van der Waals surface area contributed by atoms with E-state index in [0.717, 1.165) is 11.8 Å². The first kappa shape index (κ1) is 19.3. The predicted molar refractivity (Wildman–Crippen MR) is 101 cm³/mol. The van der Waals surface area contributed by atoms with Crippen molar-refractivity contribution in [1.82, 2.24) is 20.2 Å². The van der Waals surface area contributed by atoms with Crippen LogP contribution in [0.3, 0.4) is 0 Å². The number of aromatic nitrogens is 4. The quantitative estimate of drug-likeness (QED) is 0.575. The molecular formula is C15H13ClN6O3S2. The molecule has 1 heterocycles. The zero-order valence-electron chi connectivity index (χ0n) is 13.6. The molecule has 1 aromatic heterocycles. The lowest BCUT2D eigenvalue weighted by atomic mass is 10.3. The second-order valence-corrected chi connectivity index (χ2v) is 8.14. The summed E-state index contributed by atoms with van der Waals surface area (Å²) in [6.45, 7) is 0. The molecule has 12 heteroatoms. The number of rotatable bonds is 6. The number of amides is 1. The Morgan fingerprint density at radius 2 is 1.89 bits per heavy atom. The molecule has 27 heavy (non-hydrogen) atoms. The van der Waals surface area contributed by atoms with E-state index in [2.05, 4.69) is 20.8 Å². The molecule has 0 bridgehead atoms. The van der Waals surface area contributed by atoms with Crippen LogP contribution in [0.4, 0.5) is 5.69 Å². The molecule has 3 aromatic rings. The highest BCUT2D eigenvalue weighted by Gasteiger charge is 2.14. The summed E-state index contributed by atoms with van der Waals surface area (Å²) in [7, 11) is -3.78. The summed E-state index contributed by atoms with van der Waals surface area (Å²) >= 11 is 7.28. The van der Waals surface area contributed by atoms with E-state index in [-0.39, 0.29) is 16.6 Å². The summed E-state index contributed by atoms with van der Waals surface area (Å²) < 4.78 is 23.9. The van der Waals surface area contributed by atoms with Gasteiger partial charge in [0.25, 0.3) is 0 Å². The molecule has 3 N–H and O–H groups in total. The van der Waals surface area contributed by atoms with E-state index < -0.39 is 10.0 Å². The number of thioether (sulfide) groups is 1. The molecule has 0 radical (unpaired) electrons. The van der Waals surface area contributed by atoms with Crippen LogP contribution in [0, 0.1) is 0 Å². The number of para-hydroxylation sites is 1. The minimum atomic E-state index is -3.78. The molecule has 0 unspecified atom stereocenters. The van der Waals surface area contributed by atoms with E-state index in [1.807, 2.05) is 0 Å². The zero-order valence-corrected chi connectivity index (χ0v) is 16.0. The fourth-order valence-corrected chi connectivity index (χ4v) is 3.51. The largest absolute Gasteiger partial charge is 0.325 e. The number of nitrogens with zero attached hydrogens (tertiary/aromatic N) is 4. The van der Waals surface area contributed by atoms with Crippen molar-refractivity contribution in [3.8, 4) is 5.69 Å². The summed E-state index contributed by atoms with van der Waals surface area (Å²) in [4.78, 5) is 12.1. The minimum absolute atomic E-state index is 0.0335. The van der Waals surface area contributed by atoms with E-state index in [1.165, 1.54) is 28.9 Å². The SMILES string of the molecule is NS(=O)(=O)c1ccc(NC(=O)CSc2nnnn2-c2ccccc2Cl)cc1. The Labute approximate surface area is 163 Å². The van der Waals surface area contributed by atoms with Gasteiger partial charge in [-0.1, -0.05) is 35.5 Å². The molecule has 0 saturated heterocycles. The van der Waals surface area contributed by atoms with Crippen molar-refractivity contribution in [3.05, 3.63) is 53.6 Å². The van der Waals surface area contributed by atoms with E-state index in [9.17, 15) is 13.2 Å². The molecular weight excluding hydrogens is 412 g/mol. The molecule has 2 aromatic carbocycles. The maximum absolute atomic E-state index is 12.1. The third kappa shape index (κ3) is 4.83.